The molecular formula is C18H4Cl2F12O4. The number of halogens is 14. The summed E-state index contributed by atoms with van der Waals surface area (Å²) in [5, 5.41) is -13.6. The second-order valence-corrected chi connectivity index (χ2v) is 8.04. The summed E-state index contributed by atoms with van der Waals surface area (Å²) >= 11 is 8.04. The zero-order valence-corrected chi connectivity index (χ0v) is 17.7. The lowest BCUT2D eigenvalue weighted by Gasteiger charge is -2.28. The number of alkyl halides is 14. The molecule has 0 bridgehead atoms. The SMILES string of the molecule is O=c1cc(C(F)(F)C(F)(F)C(F)(F)Cl)oc2cc3c(=O)cc(C(F)(F)C(F)(F)C(F)(F)Cl)oc3cc12. The van der Waals surface area contributed by atoms with Gasteiger partial charge in [0.15, 0.2) is 22.4 Å². The van der Waals surface area contributed by atoms with Crippen LogP contribution in [0.5, 0.6) is 0 Å². The van der Waals surface area contributed by atoms with E-state index in [1.807, 2.05) is 0 Å². The number of hydrogen-bond donors (Lipinski definition) is 0. The third kappa shape index (κ3) is 3.97. The summed E-state index contributed by atoms with van der Waals surface area (Å²) in [4.78, 5) is 24.3. The molecule has 0 N–H and O–H groups in total. The van der Waals surface area contributed by atoms with Crippen molar-refractivity contribution >= 4 is 45.1 Å². The summed E-state index contributed by atoms with van der Waals surface area (Å²) < 4.78 is 170. The smallest absolute Gasteiger partial charge is 0.394 e. The van der Waals surface area contributed by atoms with E-state index in [1.54, 1.807) is 0 Å². The van der Waals surface area contributed by atoms with Crippen molar-refractivity contribution in [1.29, 1.82) is 0 Å². The average Bonchev–Trinajstić information content (AvgIpc) is 2.70. The molecule has 2 aromatic heterocycles. The van der Waals surface area contributed by atoms with Crippen LogP contribution in [0.2, 0.25) is 0 Å². The maximum atomic E-state index is 14.1. The summed E-state index contributed by atoms with van der Waals surface area (Å²) in [6, 6.07) is -0.262. The van der Waals surface area contributed by atoms with Crippen LogP contribution in [-0.2, 0) is 11.8 Å². The molecule has 0 spiro atoms. The molecule has 0 saturated heterocycles. The van der Waals surface area contributed by atoms with Crippen molar-refractivity contribution in [2.45, 2.75) is 34.5 Å². The Labute approximate surface area is 198 Å². The van der Waals surface area contributed by atoms with Gasteiger partial charge in [0.2, 0.25) is 0 Å². The van der Waals surface area contributed by atoms with Gasteiger partial charge in [-0.25, -0.2) is 0 Å². The van der Waals surface area contributed by atoms with Gasteiger partial charge in [0.25, 0.3) is 0 Å². The molecule has 0 aliphatic carbocycles. The molecule has 36 heavy (non-hydrogen) atoms. The van der Waals surface area contributed by atoms with Gasteiger partial charge in [0.1, 0.15) is 11.2 Å². The second-order valence-electron chi connectivity index (χ2n) is 7.09. The first-order valence-electron chi connectivity index (χ1n) is 8.68. The summed E-state index contributed by atoms with van der Waals surface area (Å²) in [6.07, 6.45) is 0. The molecule has 0 aliphatic rings. The number of hydrogen-bond acceptors (Lipinski definition) is 4. The van der Waals surface area contributed by atoms with E-state index >= 15 is 0 Å². The molecule has 0 atom stereocenters. The normalized spacial score (nSPS) is 14.6. The molecule has 2 heterocycles. The summed E-state index contributed by atoms with van der Waals surface area (Å²) in [6.45, 7) is 0. The Morgan fingerprint density at radius 1 is 0.528 bits per heavy atom. The van der Waals surface area contributed by atoms with Crippen molar-refractivity contribution in [2.24, 2.45) is 0 Å². The van der Waals surface area contributed by atoms with Gasteiger partial charge < -0.3 is 8.83 Å². The number of rotatable bonds is 6. The van der Waals surface area contributed by atoms with Crippen LogP contribution in [0.1, 0.15) is 11.5 Å². The largest absolute Gasteiger partial charge is 0.454 e. The number of benzene rings is 1. The Morgan fingerprint density at radius 3 is 1.06 bits per heavy atom. The van der Waals surface area contributed by atoms with Crippen LogP contribution in [0.15, 0.2) is 42.7 Å². The van der Waals surface area contributed by atoms with Gasteiger partial charge in [0.05, 0.1) is 10.8 Å². The monoisotopic (exact) mass is 582 g/mol. The first-order chi connectivity index (χ1) is 16.0. The minimum atomic E-state index is -6.31. The van der Waals surface area contributed by atoms with Crippen molar-refractivity contribution < 1.29 is 61.5 Å². The standard InChI is InChI=1S/C18H4Cl2F12O4/c19-17(29,30)15(25,26)13(21,22)11-4-8(34)6-2-10-5(1-9(6)35-11)7(33)3-12(36-10)14(23,24)16(27,28)18(20,31)32/h1-4H. The van der Waals surface area contributed by atoms with Crippen molar-refractivity contribution in [2.75, 3.05) is 0 Å². The lowest BCUT2D eigenvalue weighted by Crippen LogP contribution is -2.49. The van der Waals surface area contributed by atoms with Gasteiger partial charge in [-0.1, -0.05) is 0 Å². The summed E-state index contributed by atoms with van der Waals surface area (Å²) in [5.41, 5.74) is -5.75. The van der Waals surface area contributed by atoms with Crippen molar-refractivity contribution in [3.63, 3.8) is 0 Å². The van der Waals surface area contributed by atoms with Gasteiger partial charge in [-0.3, -0.25) is 9.59 Å². The highest BCUT2D eigenvalue weighted by atomic mass is 35.5. The van der Waals surface area contributed by atoms with Crippen LogP contribution in [0.25, 0.3) is 21.9 Å². The van der Waals surface area contributed by atoms with E-state index in [0.717, 1.165) is 0 Å². The Bertz CT molecular complexity index is 1360. The molecule has 3 aromatic rings. The highest BCUT2D eigenvalue weighted by molar-refractivity contribution is 6.22. The van der Waals surface area contributed by atoms with Crippen LogP contribution < -0.4 is 10.9 Å². The zero-order valence-electron chi connectivity index (χ0n) is 16.2. The first kappa shape index (κ1) is 28.0. The fraction of sp³-hybridized carbons (Fsp3) is 0.333. The molecule has 0 saturated carbocycles. The van der Waals surface area contributed by atoms with Crippen molar-refractivity contribution in [1.82, 2.24) is 0 Å². The van der Waals surface area contributed by atoms with Gasteiger partial charge >= 0.3 is 34.5 Å². The summed E-state index contributed by atoms with van der Waals surface area (Å²) in [7, 11) is 0. The molecule has 1 aromatic carbocycles. The molecule has 18 heteroatoms. The number of fused-ring (bicyclic) bond motifs is 2. The molecule has 0 unspecified atom stereocenters. The fourth-order valence-corrected chi connectivity index (χ4v) is 3.02. The first-order valence-corrected chi connectivity index (χ1v) is 9.44. The van der Waals surface area contributed by atoms with E-state index in [-0.39, 0.29) is 12.1 Å². The van der Waals surface area contributed by atoms with Gasteiger partial charge in [-0.2, -0.15) is 52.7 Å². The highest BCUT2D eigenvalue weighted by Crippen LogP contribution is 2.54. The van der Waals surface area contributed by atoms with E-state index in [4.69, 9.17) is 0 Å². The van der Waals surface area contributed by atoms with E-state index in [0.29, 0.717) is 0 Å². The van der Waals surface area contributed by atoms with Crippen LogP contribution in [-0.4, -0.2) is 22.6 Å². The molecule has 0 aliphatic heterocycles. The van der Waals surface area contributed by atoms with Gasteiger partial charge in [-0.15, -0.1) is 0 Å². The van der Waals surface area contributed by atoms with Crippen LogP contribution in [0.3, 0.4) is 0 Å². The highest BCUT2D eigenvalue weighted by Gasteiger charge is 2.74. The lowest BCUT2D eigenvalue weighted by molar-refractivity contribution is -0.291. The third-order valence-corrected chi connectivity index (χ3v) is 5.17. The predicted octanol–water partition coefficient (Wildman–Crippen LogP) is 7.02. The quantitative estimate of drug-likeness (QED) is 0.178. The maximum Gasteiger partial charge on any atom is 0.394 e. The van der Waals surface area contributed by atoms with Crippen LogP contribution >= 0.6 is 23.2 Å². The molecular weight excluding hydrogens is 579 g/mol. The summed E-state index contributed by atoms with van der Waals surface area (Å²) in [5.74, 6) is -29.1. The topological polar surface area (TPSA) is 60.4 Å². The van der Waals surface area contributed by atoms with Crippen LogP contribution in [0.4, 0.5) is 52.7 Å². The maximum absolute atomic E-state index is 14.1. The van der Waals surface area contributed by atoms with E-state index < -0.39 is 90.9 Å². The molecule has 198 valence electrons. The van der Waals surface area contributed by atoms with Gasteiger partial charge in [0, 0.05) is 12.1 Å². The van der Waals surface area contributed by atoms with Gasteiger partial charge in [-0.05, 0) is 35.3 Å². The molecule has 4 nitrogen and oxygen atoms in total. The van der Waals surface area contributed by atoms with E-state index in [2.05, 4.69) is 32.0 Å². The van der Waals surface area contributed by atoms with Crippen molar-refractivity contribution in [3.8, 4) is 0 Å². The zero-order chi connectivity index (χ0) is 27.9. The fourth-order valence-electron chi connectivity index (χ4n) is 2.78. The van der Waals surface area contributed by atoms with E-state index in [9.17, 15) is 62.3 Å². The van der Waals surface area contributed by atoms with Crippen LogP contribution in [0, 0.1) is 0 Å². The third-order valence-electron chi connectivity index (χ3n) is 4.70. The minimum Gasteiger partial charge on any atom is -0.454 e. The molecule has 0 amide bonds. The Balaban J connectivity index is 2.28. The second kappa shape index (κ2) is 7.94. The minimum absolute atomic E-state index is 0.269. The molecule has 3 rings (SSSR count). The predicted molar refractivity (Wildman–Crippen MR) is 97.8 cm³/mol. The van der Waals surface area contributed by atoms with E-state index in [1.165, 1.54) is 0 Å². The average molecular weight is 583 g/mol. The lowest BCUT2D eigenvalue weighted by atomic mass is 10.1. The molecule has 0 radical (unpaired) electrons. The molecule has 0 fully saturated rings. The Hall–Kier alpha value is -2.62. The Morgan fingerprint density at radius 2 is 0.806 bits per heavy atom. The van der Waals surface area contributed by atoms with Crippen molar-refractivity contribution in [3.05, 3.63) is 56.2 Å². The Kier molecular flexibility index (Phi) is 6.16.